The van der Waals surface area contributed by atoms with Crippen molar-refractivity contribution < 1.29 is 27.2 Å². The highest BCUT2D eigenvalue weighted by Gasteiger charge is 2.46. The van der Waals surface area contributed by atoms with Gasteiger partial charge < -0.3 is 10.2 Å². The second kappa shape index (κ2) is 6.63. The summed E-state index contributed by atoms with van der Waals surface area (Å²) < 4.78 is 52.9. The van der Waals surface area contributed by atoms with Gasteiger partial charge in [-0.2, -0.15) is 22.7 Å². The Balaban J connectivity index is 1.90. The molecule has 2 aromatic heterocycles. The summed E-state index contributed by atoms with van der Waals surface area (Å²) in [5, 5.41) is 6.18. The maximum atomic E-state index is 13.2. The van der Waals surface area contributed by atoms with Crippen molar-refractivity contribution in [2.75, 3.05) is 18.9 Å². The molecule has 2 amide bonds. The molecule has 3 heterocycles. The van der Waals surface area contributed by atoms with Crippen LogP contribution >= 0.6 is 0 Å². The van der Waals surface area contributed by atoms with E-state index in [2.05, 4.69) is 15.4 Å². The number of carbonyl (C=O) groups is 2. The minimum atomic E-state index is -4.61. The van der Waals surface area contributed by atoms with Gasteiger partial charge in [-0.05, 0) is 18.2 Å². The van der Waals surface area contributed by atoms with E-state index in [1.165, 1.54) is 24.1 Å². The van der Waals surface area contributed by atoms with Gasteiger partial charge in [-0.1, -0.05) is 6.07 Å². The van der Waals surface area contributed by atoms with Crippen LogP contribution in [0.15, 0.2) is 24.3 Å². The predicted molar refractivity (Wildman–Crippen MR) is 84.9 cm³/mol. The number of aromatic nitrogens is 3. The Morgan fingerprint density at radius 1 is 1.30 bits per heavy atom. The van der Waals surface area contributed by atoms with Crippen molar-refractivity contribution >= 4 is 17.6 Å². The zero-order valence-corrected chi connectivity index (χ0v) is 14.3. The number of carbonyl (C=O) groups excluding carboxylic acids is 2. The number of pyridine rings is 1. The Bertz CT molecular complexity index is 895. The lowest BCUT2D eigenvalue weighted by molar-refractivity contribution is -0.143. The molecule has 0 radical (unpaired) electrons. The Morgan fingerprint density at radius 3 is 2.59 bits per heavy atom. The first kappa shape index (κ1) is 18.8. The van der Waals surface area contributed by atoms with Crippen molar-refractivity contribution in [1.82, 2.24) is 19.7 Å². The van der Waals surface area contributed by atoms with Gasteiger partial charge in [-0.15, -0.1) is 0 Å². The van der Waals surface area contributed by atoms with Gasteiger partial charge in [-0.25, -0.2) is 4.98 Å². The van der Waals surface area contributed by atoms with Crippen molar-refractivity contribution in [1.29, 1.82) is 0 Å². The zero-order chi connectivity index (χ0) is 19.9. The summed E-state index contributed by atoms with van der Waals surface area (Å²) in [4.78, 5) is 29.7. The van der Waals surface area contributed by atoms with Gasteiger partial charge in [0.25, 0.3) is 0 Å². The molecule has 0 unspecified atom stereocenters. The second-order valence-corrected chi connectivity index (χ2v) is 6.21. The molecule has 1 saturated heterocycles. The van der Waals surface area contributed by atoms with Crippen LogP contribution < -0.4 is 5.32 Å². The van der Waals surface area contributed by atoms with E-state index in [1.54, 1.807) is 0 Å². The van der Waals surface area contributed by atoms with E-state index in [-0.39, 0.29) is 18.1 Å². The van der Waals surface area contributed by atoms with Crippen molar-refractivity contribution in [3.05, 3.63) is 41.6 Å². The highest BCUT2D eigenvalue weighted by Crippen LogP contribution is 2.36. The number of aryl methyl sites for hydroxylation is 1. The molecule has 0 spiro atoms. The van der Waals surface area contributed by atoms with Crippen molar-refractivity contribution in [3.8, 4) is 0 Å². The molecule has 1 aliphatic heterocycles. The van der Waals surface area contributed by atoms with Crippen LogP contribution in [0.5, 0.6) is 0 Å². The quantitative estimate of drug-likeness (QED) is 0.496. The average Bonchev–Trinajstić information content (AvgIpc) is 3.08. The first-order valence-corrected chi connectivity index (χ1v) is 7.87. The predicted octanol–water partition coefficient (Wildman–Crippen LogP) is 1.78. The van der Waals surface area contributed by atoms with Gasteiger partial charge >= 0.3 is 6.18 Å². The normalized spacial score (nSPS) is 20.2. The van der Waals surface area contributed by atoms with Crippen molar-refractivity contribution in [3.63, 3.8) is 0 Å². The molecule has 2 atom stereocenters. The van der Waals surface area contributed by atoms with Crippen LogP contribution in [0.2, 0.25) is 0 Å². The molecule has 0 aromatic carbocycles. The van der Waals surface area contributed by atoms with Crippen LogP contribution in [0.1, 0.15) is 17.3 Å². The molecule has 1 fully saturated rings. The third-order valence-electron chi connectivity index (χ3n) is 4.33. The summed E-state index contributed by atoms with van der Waals surface area (Å²) in [6.07, 6.45) is -4.61. The number of likely N-dealkylation sites (N-methyl/N-ethyl adjacent to an activating group) is 1. The number of likely N-dealkylation sites (tertiary alicyclic amines) is 1. The number of hydrogen-bond acceptors (Lipinski definition) is 4. The molecule has 0 bridgehead atoms. The van der Waals surface area contributed by atoms with Gasteiger partial charge in [-0.3, -0.25) is 14.3 Å². The van der Waals surface area contributed by atoms with Gasteiger partial charge in [0, 0.05) is 26.6 Å². The van der Waals surface area contributed by atoms with E-state index >= 15 is 0 Å². The fourth-order valence-electron chi connectivity index (χ4n) is 3.08. The highest BCUT2D eigenvalue weighted by molar-refractivity contribution is 6.08. The SMILES string of the molecule is CN1C[C@H](c2cc(C(F)(F)F)n(C)n2)[C@@H](C(=O)Nc2cccc(F)n2)C1=O. The van der Waals surface area contributed by atoms with Crippen molar-refractivity contribution in [2.45, 2.75) is 12.1 Å². The van der Waals surface area contributed by atoms with Crippen LogP contribution in [0.3, 0.4) is 0 Å². The van der Waals surface area contributed by atoms with Crippen LogP contribution in [0.25, 0.3) is 0 Å². The van der Waals surface area contributed by atoms with Gasteiger partial charge in [0.2, 0.25) is 17.8 Å². The molecule has 0 aliphatic carbocycles. The lowest BCUT2D eigenvalue weighted by Crippen LogP contribution is -2.33. The number of rotatable bonds is 3. The minimum Gasteiger partial charge on any atom is -0.344 e. The molecular weight excluding hydrogens is 370 g/mol. The lowest BCUT2D eigenvalue weighted by atomic mass is 9.91. The number of amides is 2. The minimum absolute atomic E-state index is 0.0186. The van der Waals surface area contributed by atoms with Crippen LogP contribution in [0.4, 0.5) is 23.4 Å². The first-order chi connectivity index (χ1) is 12.6. The second-order valence-electron chi connectivity index (χ2n) is 6.21. The summed E-state index contributed by atoms with van der Waals surface area (Å²) in [7, 11) is 2.58. The number of nitrogens with zero attached hydrogens (tertiary/aromatic N) is 4. The van der Waals surface area contributed by atoms with Gasteiger partial charge in [0.1, 0.15) is 17.4 Å². The fraction of sp³-hybridized carbons (Fsp3) is 0.375. The maximum Gasteiger partial charge on any atom is 0.433 e. The summed E-state index contributed by atoms with van der Waals surface area (Å²) in [6, 6.07) is 4.57. The Labute approximate surface area is 151 Å². The monoisotopic (exact) mass is 385 g/mol. The summed E-state index contributed by atoms with van der Waals surface area (Å²) >= 11 is 0. The topological polar surface area (TPSA) is 80.1 Å². The van der Waals surface area contributed by atoms with Gasteiger partial charge in [0.05, 0.1) is 5.69 Å². The highest BCUT2D eigenvalue weighted by atomic mass is 19.4. The molecule has 11 heteroatoms. The number of nitrogens with one attached hydrogen (secondary N) is 1. The third-order valence-corrected chi connectivity index (χ3v) is 4.33. The van der Waals surface area contributed by atoms with Crippen molar-refractivity contribution in [2.24, 2.45) is 13.0 Å². The number of anilines is 1. The van der Waals surface area contributed by atoms with Gasteiger partial charge in [0.15, 0.2) is 0 Å². The molecule has 27 heavy (non-hydrogen) atoms. The van der Waals surface area contributed by atoms with E-state index in [9.17, 15) is 27.2 Å². The van der Waals surface area contributed by atoms with Crippen LogP contribution in [-0.4, -0.2) is 45.1 Å². The smallest absolute Gasteiger partial charge is 0.344 e. The number of halogens is 4. The van der Waals surface area contributed by atoms with Crippen LogP contribution in [0, 0.1) is 11.9 Å². The molecule has 1 aliphatic rings. The van der Waals surface area contributed by atoms with E-state index < -0.39 is 41.5 Å². The largest absolute Gasteiger partial charge is 0.433 e. The Kier molecular flexibility index (Phi) is 4.62. The summed E-state index contributed by atoms with van der Waals surface area (Å²) in [6.45, 7) is 0.0296. The molecular formula is C16H15F4N5O2. The Morgan fingerprint density at radius 2 is 2.00 bits per heavy atom. The lowest BCUT2D eigenvalue weighted by Gasteiger charge is -2.14. The molecule has 144 valence electrons. The molecule has 1 N–H and O–H groups in total. The number of hydrogen-bond donors (Lipinski definition) is 1. The standard InChI is InChI=1S/C16H15F4N5O2/c1-24-7-8(9-6-10(16(18,19)20)25(2)23-9)13(15(24)27)14(26)22-12-5-3-4-11(17)21-12/h3-6,8,13H,7H2,1-2H3,(H,21,22,26)/t8-,13+/m1/s1. The summed E-state index contributed by atoms with van der Waals surface area (Å²) in [5.41, 5.74) is -1.000. The maximum absolute atomic E-state index is 13.2. The molecule has 2 aromatic rings. The summed E-state index contributed by atoms with van der Waals surface area (Å²) in [5.74, 6) is -4.44. The molecule has 3 rings (SSSR count). The average molecular weight is 385 g/mol. The van der Waals surface area contributed by atoms with E-state index in [4.69, 9.17) is 0 Å². The Hall–Kier alpha value is -2.98. The van der Waals surface area contributed by atoms with E-state index in [0.29, 0.717) is 4.68 Å². The molecule has 0 saturated carbocycles. The van der Waals surface area contributed by atoms with E-state index in [0.717, 1.165) is 19.2 Å². The number of alkyl halides is 3. The van der Waals surface area contributed by atoms with Crippen LogP contribution in [-0.2, 0) is 22.8 Å². The van der Waals surface area contributed by atoms with E-state index in [1.807, 2.05) is 0 Å². The third kappa shape index (κ3) is 3.62. The zero-order valence-electron chi connectivity index (χ0n) is 14.3. The fourth-order valence-corrected chi connectivity index (χ4v) is 3.08. The first-order valence-electron chi connectivity index (χ1n) is 7.87. The molecule has 7 nitrogen and oxygen atoms in total.